The number of H-pyrrole nitrogens is 1. The second-order valence-electron chi connectivity index (χ2n) is 5.02. The number of aryl methyl sites for hydroxylation is 1. The maximum Gasteiger partial charge on any atom is 0.321 e. The molecule has 0 saturated carbocycles. The van der Waals surface area contributed by atoms with Gasteiger partial charge in [-0.05, 0) is 39.0 Å². The highest BCUT2D eigenvalue weighted by Crippen LogP contribution is 2.15. The maximum atomic E-state index is 11.9. The summed E-state index contributed by atoms with van der Waals surface area (Å²) in [4.78, 5) is 32.3. The third-order valence-corrected chi connectivity index (χ3v) is 3.17. The minimum atomic E-state index is -0.212. The Morgan fingerprint density at radius 1 is 1.40 bits per heavy atom. The summed E-state index contributed by atoms with van der Waals surface area (Å²) in [5, 5.41) is 3.22. The molecule has 6 heteroatoms. The Kier molecular flexibility index (Phi) is 3.74. The Morgan fingerprint density at radius 3 is 2.75 bits per heavy atom. The lowest BCUT2D eigenvalue weighted by atomic mass is 10.2. The summed E-state index contributed by atoms with van der Waals surface area (Å²) in [7, 11) is 1.72. The fourth-order valence-electron chi connectivity index (χ4n) is 1.78. The molecule has 0 saturated heterocycles. The number of hydrogen-bond acceptors (Lipinski definition) is 3. The molecule has 1 aromatic carbocycles. The van der Waals surface area contributed by atoms with Gasteiger partial charge in [0.05, 0.1) is 10.9 Å². The molecule has 0 atom stereocenters. The lowest BCUT2D eigenvalue weighted by Crippen LogP contribution is -2.36. The van der Waals surface area contributed by atoms with Crippen molar-refractivity contribution in [2.45, 2.75) is 26.8 Å². The molecule has 0 unspecified atom stereocenters. The molecule has 106 valence electrons. The molecule has 1 aromatic heterocycles. The monoisotopic (exact) mass is 274 g/mol. The van der Waals surface area contributed by atoms with E-state index in [1.165, 1.54) is 0 Å². The minimum absolute atomic E-state index is 0.100. The first kappa shape index (κ1) is 14.0. The first-order chi connectivity index (χ1) is 9.38. The first-order valence-electron chi connectivity index (χ1n) is 6.43. The number of rotatable bonds is 2. The van der Waals surface area contributed by atoms with E-state index in [0.717, 1.165) is 0 Å². The van der Waals surface area contributed by atoms with Crippen molar-refractivity contribution in [2.24, 2.45) is 0 Å². The van der Waals surface area contributed by atoms with Gasteiger partial charge in [0, 0.05) is 18.8 Å². The predicted molar refractivity (Wildman–Crippen MR) is 79.0 cm³/mol. The van der Waals surface area contributed by atoms with E-state index in [4.69, 9.17) is 0 Å². The number of anilines is 1. The van der Waals surface area contributed by atoms with Gasteiger partial charge in [-0.15, -0.1) is 0 Å². The Labute approximate surface area is 116 Å². The molecule has 0 bridgehead atoms. The largest absolute Gasteiger partial charge is 0.325 e. The van der Waals surface area contributed by atoms with Gasteiger partial charge >= 0.3 is 6.03 Å². The van der Waals surface area contributed by atoms with Crippen molar-refractivity contribution in [2.75, 3.05) is 12.4 Å². The van der Waals surface area contributed by atoms with E-state index in [2.05, 4.69) is 15.3 Å². The molecule has 2 N–H and O–H groups in total. The highest BCUT2D eigenvalue weighted by molar-refractivity contribution is 5.92. The Morgan fingerprint density at radius 2 is 2.10 bits per heavy atom. The smallest absolute Gasteiger partial charge is 0.321 e. The molecule has 2 aromatic rings. The zero-order chi connectivity index (χ0) is 14.9. The molecule has 2 rings (SSSR count). The third kappa shape index (κ3) is 2.79. The second-order valence-corrected chi connectivity index (χ2v) is 5.02. The van der Waals surface area contributed by atoms with Crippen molar-refractivity contribution in [3.63, 3.8) is 0 Å². The molecule has 20 heavy (non-hydrogen) atoms. The van der Waals surface area contributed by atoms with Crippen molar-refractivity contribution in [1.29, 1.82) is 0 Å². The molecular formula is C14H18N4O2. The van der Waals surface area contributed by atoms with Crippen LogP contribution < -0.4 is 10.9 Å². The lowest BCUT2D eigenvalue weighted by Gasteiger charge is -2.21. The molecule has 1 heterocycles. The fourth-order valence-corrected chi connectivity index (χ4v) is 1.78. The average molecular weight is 274 g/mol. The van der Waals surface area contributed by atoms with Crippen LogP contribution in [0.5, 0.6) is 0 Å². The molecule has 2 amide bonds. The molecule has 0 radical (unpaired) electrons. The van der Waals surface area contributed by atoms with E-state index in [9.17, 15) is 9.59 Å². The fraction of sp³-hybridized carbons (Fsp3) is 0.357. The van der Waals surface area contributed by atoms with E-state index in [1.54, 1.807) is 37.1 Å². The van der Waals surface area contributed by atoms with Crippen LogP contribution in [0.3, 0.4) is 0 Å². The summed E-state index contributed by atoms with van der Waals surface area (Å²) < 4.78 is 0. The summed E-state index contributed by atoms with van der Waals surface area (Å²) in [6.45, 7) is 5.59. The standard InChI is InChI=1S/C14H18N4O2/c1-8(2)18(4)14(20)17-10-5-6-12-11(7-10)13(19)16-9(3)15-12/h5-8H,1-4H3,(H,17,20)(H,15,16,19). The third-order valence-electron chi connectivity index (χ3n) is 3.17. The number of urea groups is 1. The van der Waals surface area contributed by atoms with Gasteiger partial charge in [0.15, 0.2) is 0 Å². The summed E-state index contributed by atoms with van der Waals surface area (Å²) in [6, 6.07) is 4.98. The number of carbonyl (C=O) groups excluding carboxylic acids is 1. The summed E-state index contributed by atoms with van der Waals surface area (Å²) in [5.74, 6) is 0.568. The van der Waals surface area contributed by atoms with Crippen LogP contribution in [0.4, 0.5) is 10.5 Å². The topological polar surface area (TPSA) is 78.1 Å². The molecule has 0 fully saturated rings. The van der Waals surface area contributed by atoms with Gasteiger partial charge in [-0.1, -0.05) is 0 Å². The van der Waals surface area contributed by atoms with E-state index < -0.39 is 0 Å². The average Bonchev–Trinajstić information content (AvgIpc) is 2.38. The summed E-state index contributed by atoms with van der Waals surface area (Å²) in [6.07, 6.45) is 0. The normalized spacial score (nSPS) is 10.8. The molecule has 6 nitrogen and oxygen atoms in total. The number of aromatic nitrogens is 2. The maximum absolute atomic E-state index is 11.9. The van der Waals surface area contributed by atoms with Gasteiger partial charge < -0.3 is 15.2 Å². The van der Waals surface area contributed by atoms with Crippen LogP contribution in [0.1, 0.15) is 19.7 Å². The first-order valence-corrected chi connectivity index (χ1v) is 6.43. The van der Waals surface area contributed by atoms with Crippen LogP contribution in [-0.4, -0.2) is 34.0 Å². The second kappa shape index (κ2) is 5.32. The van der Waals surface area contributed by atoms with Crippen LogP contribution in [0, 0.1) is 6.92 Å². The number of benzene rings is 1. The van der Waals surface area contributed by atoms with Gasteiger partial charge in [0.1, 0.15) is 5.82 Å². The van der Waals surface area contributed by atoms with Crippen LogP contribution >= 0.6 is 0 Å². The number of aromatic amines is 1. The zero-order valence-corrected chi connectivity index (χ0v) is 12.0. The highest BCUT2D eigenvalue weighted by Gasteiger charge is 2.12. The van der Waals surface area contributed by atoms with Crippen molar-refractivity contribution in [3.05, 3.63) is 34.4 Å². The molecular weight excluding hydrogens is 256 g/mol. The molecule has 0 spiro atoms. The predicted octanol–water partition coefficient (Wildman–Crippen LogP) is 2.10. The number of hydrogen-bond donors (Lipinski definition) is 2. The van der Waals surface area contributed by atoms with E-state index in [-0.39, 0.29) is 17.6 Å². The van der Waals surface area contributed by atoms with Crippen LogP contribution in [0.15, 0.2) is 23.0 Å². The summed E-state index contributed by atoms with van der Waals surface area (Å²) >= 11 is 0. The van der Waals surface area contributed by atoms with Gasteiger partial charge in [-0.2, -0.15) is 0 Å². The van der Waals surface area contributed by atoms with E-state index >= 15 is 0 Å². The Bertz CT molecular complexity index is 706. The van der Waals surface area contributed by atoms with Crippen LogP contribution in [-0.2, 0) is 0 Å². The van der Waals surface area contributed by atoms with Crippen molar-refractivity contribution in [1.82, 2.24) is 14.9 Å². The van der Waals surface area contributed by atoms with Gasteiger partial charge in [-0.25, -0.2) is 9.78 Å². The number of fused-ring (bicyclic) bond motifs is 1. The van der Waals surface area contributed by atoms with Crippen LogP contribution in [0.25, 0.3) is 10.9 Å². The van der Waals surface area contributed by atoms with Gasteiger partial charge in [0.2, 0.25) is 0 Å². The Hall–Kier alpha value is -2.37. The minimum Gasteiger partial charge on any atom is -0.325 e. The van der Waals surface area contributed by atoms with E-state index in [0.29, 0.717) is 22.4 Å². The number of amides is 2. The van der Waals surface area contributed by atoms with Crippen molar-refractivity contribution >= 4 is 22.6 Å². The van der Waals surface area contributed by atoms with Gasteiger partial charge in [-0.3, -0.25) is 4.79 Å². The lowest BCUT2D eigenvalue weighted by molar-refractivity contribution is 0.211. The molecule has 0 aliphatic heterocycles. The summed E-state index contributed by atoms with van der Waals surface area (Å²) in [5.41, 5.74) is 0.980. The number of nitrogens with one attached hydrogen (secondary N) is 2. The van der Waals surface area contributed by atoms with Gasteiger partial charge in [0.25, 0.3) is 5.56 Å². The van der Waals surface area contributed by atoms with Crippen LogP contribution in [0.2, 0.25) is 0 Å². The van der Waals surface area contributed by atoms with E-state index in [1.807, 2.05) is 13.8 Å². The Balaban J connectivity index is 2.33. The molecule has 0 aliphatic rings. The van der Waals surface area contributed by atoms with Crippen molar-refractivity contribution in [3.8, 4) is 0 Å². The quantitative estimate of drug-likeness (QED) is 0.880. The highest BCUT2D eigenvalue weighted by atomic mass is 16.2. The SMILES string of the molecule is Cc1nc2ccc(NC(=O)N(C)C(C)C)cc2c(=O)[nH]1. The number of nitrogens with zero attached hydrogens (tertiary/aromatic N) is 2. The van der Waals surface area contributed by atoms with Crippen molar-refractivity contribution < 1.29 is 4.79 Å². The zero-order valence-electron chi connectivity index (χ0n) is 12.0. The molecule has 0 aliphatic carbocycles. The number of carbonyl (C=O) groups is 1.